The van der Waals surface area contributed by atoms with Gasteiger partial charge in [0.1, 0.15) is 6.33 Å². The van der Waals surface area contributed by atoms with E-state index in [1.54, 1.807) is 22.8 Å². The molecule has 0 saturated carbocycles. The summed E-state index contributed by atoms with van der Waals surface area (Å²) in [6.07, 6.45) is 1.47. The minimum atomic E-state index is 0.245. The Morgan fingerprint density at radius 1 is 1.14 bits per heavy atom. The molecule has 0 aliphatic heterocycles. The Labute approximate surface area is 95.2 Å². The summed E-state index contributed by atoms with van der Waals surface area (Å²) in [6, 6.07) is 5.08. The van der Waals surface area contributed by atoms with Crippen LogP contribution in [0.1, 0.15) is 0 Å². The zero-order valence-corrected chi connectivity index (χ0v) is 9.05. The molecule has 0 radical (unpaired) electrons. The van der Waals surface area contributed by atoms with Crippen molar-refractivity contribution in [2.45, 2.75) is 0 Å². The highest BCUT2D eigenvalue weighted by molar-refractivity contribution is 6.34. The first kappa shape index (κ1) is 9.77. The minimum absolute atomic E-state index is 0.245. The van der Waals surface area contributed by atoms with Crippen molar-refractivity contribution in [2.75, 3.05) is 0 Å². The molecule has 0 aliphatic carbocycles. The van der Waals surface area contributed by atoms with E-state index in [9.17, 15) is 0 Å². The molecular formula is C8H4Cl3N3. The van der Waals surface area contributed by atoms with Crippen LogP contribution in [-0.2, 0) is 0 Å². The van der Waals surface area contributed by atoms with Crippen molar-refractivity contribution < 1.29 is 0 Å². The van der Waals surface area contributed by atoms with E-state index in [0.29, 0.717) is 15.7 Å². The summed E-state index contributed by atoms with van der Waals surface area (Å²) in [6.45, 7) is 0. The predicted octanol–water partition coefficient (Wildman–Crippen LogP) is 3.23. The van der Waals surface area contributed by atoms with Gasteiger partial charge in [0.15, 0.2) is 0 Å². The van der Waals surface area contributed by atoms with E-state index in [-0.39, 0.29) is 5.28 Å². The number of halogens is 3. The van der Waals surface area contributed by atoms with E-state index in [4.69, 9.17) is 34.8 Å². The molecule has 1 aromatic carbocycles. The Morgan fingerprint density at radius 3 is 2.57 bits per heavy atom. The fraction of sp³-hybridized carbons (Fsp3) is 0. The van der Waals surface area contributed by atoms with Gasteiger partial charge in [-0.3, -0.25) is 4.57 Å². The lowest BCUT2D eigenvalue weighted by Gasteiger charge is -2.05. The summed E-state index contributed by atoms with van der Waals surface area (Å²) in [5, 5.41) is 8.65. The van der Waals surface area contributed by atoms with Gasteiger partial charge in [0.05, 0.1) is 10.7 Å². The summed E-state index contributed by atoms with van der Waals surface area (Å²) < 4.78 is 1.55. The molecule has 14 heavy (non-hydrogen) atoms. The Morgan fingerprint density at radius 2 is 1.93 bits per heavy atom. The molecule has 0 spiro atoms. The molecule has 0 atom stereocenters. The standard InChI is InChI=1S/C8H4Cl3N3/c9-5-1-2-6(10)7(3-5)14-4-12-13-8(14)11/h1-4H. The summed E-state index contributed by atoms with van der Waals surface area (Å²) in [4.78, 5) is 0. The topological polar surface area (TPSA) is 30.7 Å². The third kappa shape index (κ3) is 1.71. The molecule has 0 unspecified atom stereocenters. The van der Waals surface area contributed by atoms with Gasteiger partial charge in [0.2, 0.25) is 5.28 Å². The number of nitrogens with zero attached hydrogens (tertiary/aromatic N) is 3. The van der Waals surface area contributed by atoms with Crippen LogP contribution in [-0.4, -0.2) is 14.8 Å². The SMILES string of the molecule is Clc1ccc(Cl)c(-n2cnnc2Cl)c1. The first-order valence-corrected chi connectivity index (χ1v) is 4.83. The van der Waals surface area contributed by atoms with Gasteiger partial charge in [0, 0.05) is 5.02 Å². The van der Waals surface area contributed by atoms with E-state index in [0.717, 1.165) is 0 Å². The first-order chi connectivity index (χ1) is 6.68. The number of hydrogen-bond acceptors (Lipinski definition) is 2. The minimum Gasteiger partial charge on any atom is -0.271 e. The monoisotopic (exact) mass is 247 g/mol. The molecule has 3 nitrogen and oxygen atoms in total. The van der Waals surface area contributed by atoms with Gasteiger partial charge in [-0.15, -0.1) is 10.2 Å². The van der Waals surface area contributed by atoms with E-state index in [1.807, 2.05) is 0 Å². The van der Waals surface area contributed by atoms with E-state index >= 15 is 0 Å². The highest BCUT2D eigenvalue weighted by Gasteiger charge is 2.07. The average molecular weight is 249 g/mol. The van der Waals surface area contributed by atoms with Crippen LogP contribution < -0.4 is 0 Å². The Hall–Kier alpha value is -0.770. The highest BCUT2D eigenvalue weighted by atomic mass is 35.5. The zero-order valence-electron chi connectivity index (χ0n) is 6.78. The maximum Gasteiger partial charge on any atom is 0.229 e. The molecule has 72 valence electrons. The molecular weight excluding hydrogens is 244 g/mol. The van der Waals surface area contributed by atoms with Crippen LogP contribution in [0.2, 0.25) is 15.3 Å². The van der Waals surface area contributed by atoms with Crippen LogP contribution in [0.25, 0.3) is 5.69 Å². The molecule has 0 N–H and O–H groups in total. The summed E-state index contributed by atoms with van der Waals surface area (Å²) >= 11 is 17.6. The normalized spacial score (nSPS) is 10.5. The molecule has 2 rings (SSSR count). The maximum atomic E-state index is 5.97. The second-order valence-corrected chi connectivity index (χ2v) is 3.75. The molecule has 0 saturated heterocycles. The van der Waals surface area contributed by atoms with Gasteiger partial charge in [-0.2, -0.15) is 0 Å². The van der Waals surface area contributed by atoms with Crippen LogP contribution >= 0.6 is 34.8 Å². The predicted molar refractivity (Wildman–Crippen MR) is 56.4 cm³/mol. The number of hydrogen-bond donors (Lipinski definition) is 0. The first-order valence-electron chi connectivity index (χ1n) is 3.69. The Bertz CT molecular complexity index is 467. The highest BCUT2D eigenvalue weighted by Crippen LogP contribution is 2.25. The third-order valence-electron chi connectivity index (χ3n) is 1.67. The van der Waals surface area contributed by atoms with Gasteiger partial charge in [-0.1, -0.05) is 23.2 Å². The lowest BCUT2D eigenvalue weighted by atomic mass is 10.3. The quantitative estimate of drug-likeness (QED) is 0.776. The summed E-state index contributed by atoms with van der Waals surface area (Å²) in [5.41, 5.74) is 0.661. The van der Waals surface area contributed by atoms with Crippen LogP contribution in [0.15, 0.2) is 24.5 Å². The average Bonchev–Trinajstić information content (AvgIpc) is 2.56. The number of benzene rings is 1. The molecule has 1 heterocycles. The lowest BCUT2D eigenvalue weighted by Crippen LogP contribution is -1.93. The van der Waals surface area contributed by atoms with Crippen molar-refractivity contribution in [2.24, 2.45) is 0 Å². The van der Waals surface area contributed by atoms with Crippen molar-refractivity contribution in [1.82, 2.24) is 14.8 Å². The molecule has 0 amide bonds. The molecule has 0 bridgehead atoms. The van der Waals surface area contributed by atoms with Gasteiger partial charge < -0.3 is 0 Å². The van der Waals surface area contributed by atoms with E-state index < -0.39 is 0 Å². The van der Waals surface area contributed by atoms with Gasteiger partial charge in [-0.25, -0.2) is 0 Å². The smallest absolute Gasteiger partial charge is 0.229 e. The van der Waals surface area contributed by atoms with Gasteiger partial charge in [0.25, 0.3) is 0 Å². The maximum absolute atomic E-state index is 5.97. The molecule has 0 fully saturated rings. The van der Waals surface area contributed by atoms with Crippen LogP contribution in [0, 0.1) is 0 Å². The van der Waals surface area contributed by atoms with Crippen LogP contribution in [0.3, 0.4) is 0 Å². The van der Waals surface area contributed by atoms with Gasteiger partial charge >= 0.3 is 0 Å². The zero-order chi connectivity index (χ0) is 10.1. The van der Waals surface area contributed by atoms with Crippen molar-refractivity contribution >= 4 is 34.8 Å². The van der Waals surface area contributed by atoms with Crippen molar-refractivity contribution in [3.05, 3.63) is 39.9 Å². The summed E-state index contributed by atoms with van der Waals surface area (Å²) in [7, 11) is 0. The van der Waals surface area contributed by atoms with Crippen molar-refractivity contribution in [3.63, 3.8) is 0 Å². The van der Waals surface area contributed by atoms with E-state index in [2.05, 4.69) is 10.2 Å². The second-order valence-electron chi connectivity index (χ2n) is 2.57. The third-order valence-corrected chi connectivity index (χ3v) is 2.49. The van der Waals surface area contributed by atoms with Gasteiger partial charge in [-0.05, 0) is 29.8 Å². The lowest BCUT2D eigenvalue weighted by molar-refractivity contribution is 1.06. The number of rotatable bonds is 1. The van der Waals surface area contributed by atoms with Crippen molar-refractivity contribution in [3.8, 4) is 5.69 Å². The fourth-order valence-electron chi connectivity index (χ4n) is 1.05. The summed E-state index contributed by atoms with van der Waals surface area (Å²) in [5.74, 6) is 0. The second kappa shape index (κ2) is 3.77. The molecule has 6 heteroatoms. The molecule has 1 aromatic heterocycles. The molecule has 0 aliphatic rings. The number of aromatic nitrogens is 3. The van der Waals surface area contributed by atoms with E-state index in [1.165, 1.54) is 6.33 Å². The Kier molecular flexibility index (Phi) is 2.63. The Balaban J connectivity index is 2.62. The van der Waals surface area contributed by atoms with Crippen LogP contribution in [0.5, 0.6) is 0 Å². The largest absolute Gasteiger partial charge is 0.271 e. The van der Waals surface area contributed by atoms with Crippen LogP contribution in [0.4, 0.5) is 0 Å². The van der Waals surface area contributed by atoms with Crippen molar-refractivity contribution in [1.29, 1.82) is 0 Å². The fourth-order valence-corrected chi connectivity index (χ4v) is 1.61. The molecule has 2 aromatic rings.